The Hall–Kier alpha value is -2.92. The molecule has 4 rings (SSSR count). The van der Waals surface area contributed by atoms with E-state index >= 15 is 0 Å². The van der Waals surface area contributed by atoms with Crippen molar-refractivity contribution in [2.75, 3.05) is 4.90 Å². The Labute approximate surface area is 180 Å². The molecule has 1 aliphatic rings. The summed E-state index contributed by atoms with van der Waals surface area (Å²) in [6, 6.07) is 19.0. The number of aromatic carboxylic acids is 1. The number of aryl methyl sites for hydroxylation is 1. The molecule has 0 bridgehead atoms. The zero-order chi connectivity index (χ0) is 21.1. The summed E-state index contributed by atoms with van der Waals surface area (Å²) >= 11 is 1.39. The fraction of sp³-hybridized carbons (Fsp3) is 0.280. The van der Waals surface area contributed by atoms with Crippen LogP contribution in [-0.2, 0) is 0 Å². The minimum absolute atomic E-state index is 0.0212. The molecule has 4 nitrogen and oxygen atoms in total. The van der Waals surface area contributed by atoms with E-state index in [0.29, 0.717) is 10.6 Å². The van der Waals surface area contributed by atoms with Crippen molar-refractivity contribution < 1.29 is 14.7 Å². The Morgan fingerprint density at radius 2 is 1.63 bits per heavy atom. The molecule has 0 saturated heterocycles. The van der Waals surface area contributed by atoms with Crippen LogP contribution in [0, 0.1) is 6.92 Å². The molecule has 30 heavy (non-hydrogen) atoms. The monoisotopic (exact) mass is 419 g/mol. The molecule has 1 amide bonds. The van der Waals surface area contributed by atoms with Gasteiger partial charge in [-0.1, -0.05) is 67.3 Å². The predicted octanol–water partition coefficient (Wildman–Crippen LogP) is 6.40. The van der Waals surface area contributed by atoms with Crippen LogP contribution < -0.4 is 4.90 Å². The van der Waals surface area contributed by atoms with Gasteiger partial charge in [0.15, 0.2) is 0 Å². The number of benzene rings is 2. The van der Waals surface area contributed by atoms with Crippen LogP contribution in [0.1, 0.15) is 58.4 Å². The minimum atomic E-state index is -0.999. The average Bonchev–Trinajstić information content (AvgIpc) is 3.21. The number of carboxylic acids is 1. The van der Waals surface area contributed by atoms with E-state index in [1.807, 2.05) is 61.5 Å². The van der Waals surface area contributed by atoms with Gasteiger partial charge in [-0.3, -0.25) is 9.69 Å². The first-order valence-electron chi connectivity index (χ1n) is 10.4. The largest absolute Gasteiger partial charge is 0.478 e. The van der Waals surface area contributed by atoms with Crippen LogP contribution in [0.15, 0.2) is 60.7 Å². The Morgan fingerprint density at radius 1 is 0.967 bits per heavy atom. The van der Waals surface area contributed by atoms with Crippen LogP contribution in [0.3, 0.4) is 0 Å². The maximum Gasteiger partial charge on any atom is 0.338 e. The van der Waals surface area contributed by atoms with Gasteiger partial charge in [0.1, 0.15) is 5.00 Å². The summed E-state index contributed by atoms with van der Waals surface area (Å²) in [5, 5.41) is 10.5. The smallest absolute Gasteiger partial charge is 0.338 e. The molecule has 1 fully saturated rings. The molecule has 0 atom stereocenters. The molecule has 1 aromatic heterocycles. The topological polar surface area (TPSA) is 57.6 Å². The lowest BCUT2D eigenvalue weighted by Gasteiger charge is -2.34. The van der Waals surface area contributed by atoms with Crippen molar-refractivity contribution in [3.8, 4) is 10.4 Å². The molecule has 3 aromatic rings. The van der Waals surface area contributed by atoms with Gasteiger partial charge in [-0.15, -0.1) is 11.3 Å². The number of rotatable bonds is 5. The van der Waals surface area contributed by atoms with E-state index in [4.69, 9.17) is 0 Å². The molecule has 0 aliphatic heterocycles. The number of carboxylic acid groups (broad SMARTS) is 1. The number of anilines is 1. The second-order valence-corrected chi connectivity index (χ2v) is 8.86. The van der Waals surface area contributed by atoms with E-state index < -0.39 is 5.97 Å². The number of nitrogens with zero attached hydrogens (tertiary/aromatic N) is 1. The third kappa shape index (κ3) is 4.17. The Morgan fingerprint density at radius 3 is 2.27 bits per heavy atom. The average molecular weight is 420 g/mol. The lowest BCUT2D eigenvalue weighted by molar-refractivity contribution is 0.0698. The maximum absolute atomic E-state index is 13.6. The third-order valence-electron chi connectivity index (χ3n) is 5.68. The van der Waals surface area contributed by atoms with Gasteiger partial charge in [0.25, 0.3) is 5.91 Å². The van der Waals surface area contributed by atoms with Gasteiger partial charge in [0.05, 0.1) is 5.56 Å². The van der Waals surface area contributed by atoms with Gasteiger partial charge in [0, 0.05) is 16.5 Å². The highest BCUT2D eigenvalue weighted by molar-refractivity contribution is 7.20. The highest BCUT2D eigenvalue weighted by Gasteiger charge is 2.32. The van der Waals surface area contributed by atoms with Gasteiger partial charge in [-0.2, -0.15) is 0 Å². The van der Waals surface area contributed by atoms with Gasteiger partial charge < -0.3 is 5.11 Å². The van der Waals surface area contributed by atoms with Crippen molar-refractivity contribution >= 4 is 28.2 Å². The van der Waals surface area contributed by atoms with Crippen LogP contribution in [0.25, 0.3) is 10.4 Å². The molecule has 1 heterocycles. The summed E-state index contributed by atoms with van der Waals surface area (Å²) in [6.07, 6.45) is 5.07. The molecular formula is C25H25NO3S. The van der Waals surface area contributed by atoms with Crippen molar-refractivity contribution in [3.05, 3.63) is 77.4 Å². The number of thiophene rings is 1. The SMILES string of the molecule is Cc1ccc(C(=O)N(c2sc(-c3ccccc3)cc2C(=O)O)C2CCCCC2)cc1. The quantitative estimate of drug-likeness (QED) is 0.520. The Kier molecular flexibility index (Phi) is 6.00. The van der Waals surface area contributed by atoms with E-state index in [1.165, 1.54) is 11.3 Å². The molecule has 0 unspecified atom stereocenters. The molecule has 0 spiro atoms. The first-order valence-corrected chi connectivity index (χ1v) is 11.2. The lowest BCUT2D eigenvalue weighted by Crippen LogP contribution is -2.42. The number of hydrogen-bond acceptors (Lipinski definition) is 3. The zero-order valence-corrected chi connectivity index (χ0v) is 17.8. The highest BCUT2D eigenvalue weighted by Crippen LogP contribution is 2.41. The molecule has 154 valence electrons. The second kappa shape index (κ2) is 8.84. The van der Waals surface area contributed by atoms with E-state index in [-0.39, 0.29) is 17.5 Å². The van der Waals surface area contributed by atoms with Crippen LogP contribution >= 0.6 is 11.3 Å². The predicted molar refractivity (Wildman–Crippen MR) is 122 cm³/mol. The molecule has 2 aromatic carbocycles. The third-order valence-corrected chi connectivity index (χ3v) is 6.86. The van der Waals surface area contributed by atoms with Crippen molar-refractivity contribution in [3.63, 3.8) is 0 Å². The fourth-order valence-corrected chi connectivity index (χ4v) is 5.28. The lowest BCUT2D eigenvalue weighted by atomic mass is 9.93. The van der Waals surface area contributed by atoms with Crippen LogP contribution in [0.4, 0.5) is 5.00 Å². The fourth-order valence-electron chi connectivity index (χ4n) is 4.06. The van der Waals surface area contributed by atoms with E-state index in [1.54, 1.807) is 11.0 Å². The normalized spacial score (nSPS) is 14.4. The molecule has 1 aliphatic carbocycles. The second-order valence-electron chi connectivity index (χ2n) is 7.83. The van der Waals surface area contributed by atoms with E-state index in [9.17, 15) is 14.7 Å². The van der Waals surface area contributed by atoms with Crippen molar-refractivity contribution in [2.24, 2.45) is 0 Å². The molecular weight excluding hydrogens is 394 g/mol. The van der Waals surface area contributed by atoms with Gasteiger partial charge >= 0.3 is 5.97 Å². The van der Waals surface area contributed by atoms with Gasteiger partial charge in [-0.25, -0.2) is 4.79 Å². The number of hydrogen-bond donors (Lipinski definition) is 1. The summed E-state index contributed by atoms with van der Waals surface area (Å²) in [4.78, 5) is 28.4. The van der Waals surface area contributed by atoms with E-state index in [2.05, 4.69) is 0 Å². The Bertz CT molecular complexity index is 1030. The van der Waals surface area contributed by atoms with Gasteiger partial charge in [0.2, 0.25) is 0 Å². The summed E-state index contributed by atoms with van der Waals surface area (Å²) in [5.74, 6) is -1.12. The van der Waals surface area contributed by atoms with Crippen molar-refractivity contribution in [2.45, 2.75) is 45.1 Å². The molecule has 1 N–H and O–H groups in total. The van der Waals surface area contributed by atoms with Crippen molar-refractivity contribution in [1.82, 2.24) is 0 Å². The molecule has 1 saturated carbocycles. The number of amides is 1. The van der Waals surface area contributed by atoms with Crippen molar-refractivity contribution in [1.29, 1.82) is 0 Å². The van der Waals surface area contributed by atoms with Gasteiger partial charge in [-0.05, 0) is 43.5 Å². The Balaban J connectivity index is 1.81. The maximum atomic E-state index is 13.6. The highest BCUT2D eigenvalue weighted by atomic mass is 32.1. The first kappa shape index (κ1) is 20.4. The van der Waals surface area contributed by atoms with Crippen LogP contribution in [-0.4, -0.2) is 23.0 Å². The summed E-state index contributed by atoms with van der Waals surface area (Å²) in [6.45, 7) is 1.99. The molecule has 0 radical (unpaired) electrons. The first-order chi connectivity index (χ1) is 14.5. The van der Waals surface area contributed by atoms with Crippen LogP contribution in [0.2, 0.25) is 0 Å². The van der Waals surface area contributed by atoms with Crippen LogP contribution in [0.5, 0.6) is 0 Å². The summed E-state index contributed by atoms with van der Waals surface area (Å²) < 4.78 is 0. The standard InChI is InChI=1S/C25H25NO3S/c1-17-12-14-19(15-13-17)23(27)26(20-10-6-3-7-11-20)24-21(25(28)29)16-22(30-24)18-8-4-2-5-9-18/h2,4-5,8-9,12-16,20H,3,6-7,10-11H2,1H3,(H,28,29). The summed E-state index contributed by atoms with van der Waals surface area (Å²) in [7, 11) is 0. The minimum Gasteiger partial charge on any atom is -0.478 e. The number of carbonyl (C=O) groups is 2. The molecule has 5 heteroatoms. The summed E-state index contributed by atoms with van der Waals surface area (Å²) in [5.41, 5.74) is 2.84. The number of carbonyl (C=O) groups excluding carboxylic acids is 1. The van der Waals surface area contributed by atoms with E-state index in [0.717, 1.165) is 48.1 Å². The zero-order valence-electron chi connectivity index (χ0n) is 17.0.